The Bertz CT molecular complexity index is 716. The van der Waals surface area contributed by atoms with Crippen LogP contribution >= 0.6 is 11.3 Å². The molecule has 0 saturated heterocycles. The van der Waals surface area contributed by atoms with Crippen LogP contribution in [0, 0.1) is 0 Å². The van der Waals surface area contributed by atoms with Crippen molar-refractivity contribution in [2.45, 2.75) is 12.7 Å². The standard InChI is InChI=1S/C13H10F3N3O2S/c14-13(15,16)8-19-6-5-17-10(19)2-3-11-18-7-9(22-11)1-4-12(20)21/h1-7H,8H2,(H,20,21). The first kappa shape index (κ1) is 16.0. The van der Waals surface area contributed by atoms with E-state index in [9.17, 15) is 18.0 Å². The van der Waals surface area contributed by atoms with Gasteiger partial charge in [0.25, 0.3) is 0 Å². The van der Waals surface area contributed by atoms with E-state index < -0.39 is 18.7 Å². The molecule has 0 saturated carbocycles. The molecular formula is C13H10F3N3O2S. The molecule has 5 nitrogen and oxygen atoms in total. The van der Waals surface area contributed by atoms with Crippen molar-refractivity contribution < 1.29 is 23.1 Å². The van der Waals surface area contributed by atoms with Gasteiger partial charge in [-0.3, -0.25) is 0 Å². The van der Waals surface area contributed by atoms with Crippen LogP contribution in [-0.2, 0) is 11.3 Å². The number of alkyl halides is 3. The molecule has 2 rings (SSSR count). The van der Waals surface area contributed by atoms with Crippen molar-refractivity contribution >= 4 is 35.5 Å². The fourth-order valence-electron chi connectivity index (χ4n) is 1.56. The van der Waals surface area contributed by atoms with Crippen molar-refractivity contribution in [3.05, 3.63) is 40.4 Å². The van der Waals surface area contributed by atoms with E-state index in [0.717, 1.165) is 10.6 Å². The van der Waals surface area contributed by atoms with Gasteiger partial charge in [0.2, 0.25) is 0 Å². The van der Waals surface area contributed by atoms with Crippen LogP contribution in [0.5, 0.6) is 0 Å². The van der Waals surface area contributed by atoms with Crippen LogP contribution in [0.15, 0.2) is 24.7 Å². The van der Waals surface area contributed by atoms with E-state index in [1.54, 1.807) is 0 Å². The number of hydrogen-bond donors (Lipinski definition) is 1. The van der Waals surface area contributed by atoms with Gasteiger partial charge in [0.1, 0.15) is 17.4 Å². The third-order valence-corrected chi connectivity index (χ3v) is 3.33. The SMILES string of the molecule is O=C(O)C=Cc1cnc(C=Cc2nccn2CC(F)(F)F)s1. The van der Waals surface area contributed by atoms with Crippen LogP contribution in [-0.4, -0.2) is 31.8 Å². The summed E-state index contributed by atoms with van der Waals surface area (Å²) in [6.07, 6.45) is 5.02. The van der Waals surface area contributed by atoms with E-state index in [0.29, 0.717) is 9.88 Å². The lowest BCUT2D eigenvalue weighted by Crippen LogP contribution is -2.17. The number of aromatic nitrogens is 3. The smallest absolute Gasteiger partial charge is 0.406 e. The molecule has 0 aliphatic heterocycles. The van der Waals surface area contributed by atoms with Crippen LogP contribution in [0.3, 0.4) is 0 Å². The molecule has 0 radical (unpaired) electrons. The summed E-state index contributed by atoms with van der Waals surface area (Å²) in [6, 6.07) is 0. The van der Waals surface area contributed by atoms with Crippen molar-refractivity contribution in [2.24, 2.45) is 0 Å². The number of carboxylic acid groups (broad SMARTS) is 1. The number of rotatable bonds is 5. The lowest BCUT2D eigenvalue weighted by Gasteiger charge is -2.08. The largest absolute Gasteiger partial charge is 0.478 e. The van der Waals surface area contributed by atoms with E-state index in [2.05, 4.69) is 9.97 Å². The first-order chi connectivity index (χ1) is 10.3. The van der Waals surface area contributed by atoms with Crippen molar-refractivity contribution in [2.75, 3.05) is 0 Å². The minimum Gasteiger partial charge on any atom is -0.478 e. The molecule has 0 spiro atoms. The summed E-state index contributed by atoms with van der Waals surface area (Å²) in [6.45, 7) is -1.11. The fraction of sp³-hybridized carbons (Fsp3) is 0.154. The molecule has 116 valence electrons. The van der Waals surface area contributed by atoms with Gasteiger partial charge >= 0.3 is 12.1 Å². The molecule has 2 aromatic heterocycles. The second kappa shape index (κ2) is 6.56. The Morgan fingerprint density at radius 1 is 1.32 bits per heavy atom. The highest BCUT2D eigenvalue weighted by Gasteiger charge is 2.28. The van der Waals surface area contributed by atoms with Gasteiger partial charge in [-0.1, -0.05) is 0 Å². The molecule has 0 atom stereocenters. The summed E-state index contributed by atoms with van der Waals surface area (Å²) in [7, 11) is 0. The molecule has 1 N–H and O–H groups in total. The topological polar surface area (TPSA) is 68.0 Å². The summed E-state index contributed by atoms with van der Waals surface area (Å²) in [5, 5.41) is 9.05. The zero-order chi connectivity index (χ0) is 16.2. The quantitative estimate of drug-likeness (QED) is 0.856. The Labute approximate surface area is 127 Å². The number of nitrogens with zero attached hydrogens (tertiary/aromatic N) is 3. The second-order valence-corrected chi connectivity index (χ2v) is 5.23. The average Bonchev–Trinajstić information content (AvgIpc) is 3.01. The highest BCUT2D eigenvalue weighted by molar-refractivity contribution is 7.13. The van der Waals surface area contributed by atoms with Gasteiger partial charge in [-0.25, -0.2) is 14.8 Å². The van der Waals surface area contributed by atoms with Gasteiger partial charge in [-0.15, -0.1) is 11.3 Å². The molecule has 0 bridgehead atoms. The fourth-order valence-corrected chi connectivity index (χ4v) is 2.28. The van der Waals surface area contributed by atoms with Crippen molar-refractivity contribution in [1.82, 2.24) is 14.5 Å². The van der Waals surface area contributed by atoms with Crippen molar-refractivity contribution in [1.29, 1.82) is 0 Å². The van der Waals surface area contributed by atoms with E-state index in [4.69, 9.17) is 5.11 Å². The lowest BCUT2D eigenvalue weighted by atomic mass is 10.4. The minimum atomic E-state index is -4.32. The third kappa shape index (κ3) is 4.85. The van der Waals surface area contributed by atoms with Gasteiger partial charge in [-0.05, 0) is 18.2 Å². The highest BCUT2D eigenvalue weighted by Crippen LogP contribution is 2.20. The lowest BCUT2D eigenvalue weighted by molar-refractivity contribution is -0.140. The molecule has 0 amide bonds. The van der Waals surface area contributed by atoms with Gasteiger partial charge in [-0.2, -0.15) is 13.2 Å². The van der Waals surface area contributed by atoms with Crippen LogP contribution in [0.1, 0.15) is 15.7 Å². The number of imidazole rings is 1. The first-order valence-electron chi connectivity index (χ1n) is 5.96. The number of carbonyl (C=O) groups is 1. The van der Waals surface area contributed by atoms with Gasteiger partial charge in [0, 0.05) is 29.5 Å². The Balaban J connectivity index is 2.10. The van der Waals surface area contributed by atoms with Crippen LogP contribution in [0.2, 0.25) is 0 Å². The van der Waals surface area contributed by atoms with Crippen molar-refractivity contribution in [3.63, 3.8) is 0 Å². The molecule has 0 unspecified atom stereocenters. The number of aliphatic carboxylic acids is 1. The highest BCUT2D eigenvalue weighted by atomic mass is 32.1. The van der Waals surface area contributed by atoms with Gasteiger partial charge in [0.05, 0.1) is 0 Å². The molecule has 0 aliphatic rings. The second-order valence-electron chi connectivity index (χ2n) is 4.13. The Morgan fingerprint density at radius 3 is 2.77 bits per heavy atom. The third-order valence-electron chi connectivity index (χ3n) is 2.40. The van der Waals surface area contributed by atoms with Crippen LogP contribution in [0.4, 0.5) is 13.2 Å². The average molecular weight is 329 g/mol. The predicted molar refractivity (Wildman–Crippen MR) is 76.0 cm³/mol. The Kier molecular flexibility index (Phi) is 4.76. The summed E-state index contributed by atoms with van der Waals surface area (Å²) in [4.78, 5) is 18.9. The molecule has 0 aromatic carbocycles. The molecule has 22 heavy (non-hydrogen) atoms. The van der Waals surface area contributed by atoms with E-state index in [1.165, 1.54) is 48.2 Å². The Morgan fingerprint density at radius 2 is 2.09 bits per heavy atom. The molecule has 9 heteroatoms. The van der Waals surface area contributed by atoms with Gasteiger partial charge in [0.15, 0.2) is 0 Å². The molecule has 0 fully saturated rings. The zero-order valence-corrected chi connectivity index (χ0v) is 11.8. The van der Waals surface area contributed by atoms with E-state index >= 15 is 0 Å². The Hall–Kier alpha value is -2.42. The first-order valence-corrected chi connectivity index (χ1v) is 6.78. The predicted octanol–water partition coefficient (Wildman–Crippen LogP) is 3.17. The molecule has 2 heterocycles. The summed E-state index contributed by atoms with van der Waals surface area (Å²) in [5.41, 5.74) is 0. The molecule has 2 aromatic rings. The number of hydrogen-bond acceptors (Lipinski definition) is 4. The van der Waals surface area contributed by atoms with E-state index in [-0.39, 0.29) is 5.82 Å². The maximum absolute atomic E-state index is 12.4. The summed E-state index contributed by atoms with van der Waals surface area (Å²) in [5.74, 6) is -0.908. The monoisotopic (exact) mass is 329 g/mol. The number of halogens is 3. The van der Waals surface area contributed by atoms with Gasteiger partial charge < -0.3 is 9.67 Å². The van der Waals surface area contributed by atoms with Crippen molar-refractivity contribution in [3.8, 4) is 0 Å². The molecular weight excluding hydrogens is 319 g/mol. The number of carboxylic acids is 1. The van der Waals surface area contributed by atoms with E-state index in [1.807, 2.05) is 0 Å². The normalized spacial score (nSPS) is 12.5. The maximum Gasteiger partial charge on any atom is 0.406 e. The molecule has 0 aliphatic carbocycles. The summed E-state index contributed by atoms with van der Waals surface area (Å²) >= 11 is 1.21. The zero-order valence-electron chi connectivity index (χ0n) is 11.0. The summed E-state index contributed by atoms with van der Waals surface area (Å²) < 4.78 is 38.1. The van der Waals surface area contributed by atoms with Crippen LogP contribution in [0.25, 0.3) is 18.2 Å². The minimum absolute atomic E-state index is 0.162. The number of thiazole rings is 1. The van der Waals surface area contributed by atoms with Crippen LogP contribution < -0.4 is 0 Å². The maximum atomic E-state index is 12.4.